The first-order chi connectivity index (χ1) is 9.50. The molecule has 0 atom stereocenters. The molecule has 2 N–H and O–H groups in total. The first-order valence-corrected chi connectivity index (χ1v) is 6.77. The maximum atomic E-state index is 11.8. The molecule has 0 spiro atoms. The van der Waals surface area contributed by atoms with Crippen LogP contribution in [-0.2, 0) is 4.79 Å². The molecule has 3 nitrogen and oxygen atoms in total. The third-order valence-electron chi connectivity index (χ3n) is 4.03. The van der Waals surface area contributed by atoms with Crippen molar-refractivity contribution in [1.29, 1.82) is 0 Å². The number of carbonyl (C=O) groups is 1. The molecule has 0 aromatic heterocycles. The molecule has 3 heteroatoms. The smallest absolute Gasteiger partial charge is 0.249 e. The molecule has 1 aliphatic heterocycles. The number of hydrogen-bond acceptors (Lipinski definition) is 2. The predicted molar refractivity (Wildman–Crippen MR) is 81.7 cm³/mol. The molecule has 2 aromatic carbocycles. The van der Waals surface area contributed by atoms with E-state index < -0.39 is 5.41 Å². The monoisotopic (exact) mass is 266 g/mol. The van der Waals surface area contributed by atoms with Gasteiger partial charge in [0.05, 0.1) is 5.41 Å². The third-order valence-corrected chi connectivity index (χ3v) is 4.03. The lowest BCUT2D eigenvalue weighted by Crippen LogP contribution is -2.28. The number of hydrogen-bond donors (Lipinski definition) is 2. The van der Waals surface area contributed by atoms with Crippen molar-refractivity contribution in [2.45, 2.75) is 20.8 Å². The zero-order valence-corrected chi connectivity index (χ0v) is 11.9. The standard InChI is InChI=1S/C17H18N2O/c1-11-6-4-9-14-12(7-5-8-13(11)14)10-15-17(2,3)16(20)19-18-15/h4-10,18H,1-3H3,(H,19,20)/b15-10-. The van der Waals surface area contributed by atoms with Gasteiger partial charge in [0.1, 0.15) is 0 Å². The quantitative estimate of drug-likeness (QED) is 0.832. The summed E-state index contributed by atoms with van der Waals surface area (Å²) in [6.45, 7) is 5.96. The van der Waals surface area contributed by atoms with Crippen LogP contribution in [0.4, 0.5) is 0 Å². The molecular formula is C17H18N2O. The highest BCUT2D eigenvalue weighted by atomic mass is 16.2. The number of hydrazine groups is 1. The Morgan fingerprint density at radius 3 is 2.40 bits per heavy atom. The van der Waals surface area contributed by atoms with Gasteiger partial charge in [-0.1, -0.05) is 36.4 Å². The Labute approximate surface area is 118 Å². The molecule has 1 aliphatic rings. The minimum Gasteiger partial charge on any atom is -0.302 e. The van der Waals surface area contributed by atoms with E-state index in [0.29, 0.717) is 0 Å². The SMILES string of the molecule is Cc1cccc2c(/C=C3\NNC(=O)C3(C)C)cccc12. The fourth-order valence-corrected chi connectivity index (χ4v) is 2.55. The highest BCUT2D eigenvalue weighted by molar-refractivity contribution is 5.95. The number of benzene rings is 2. The van der Waals surface area contributed by atoms with Gasteiger partial charge in [-0.25, -0.2) is 0 Å². The van der Waals surface area contributed by atoms with Gasteiger partial charge in [0.15, 0.2) is 0 Å². The molecule has 1 amide bonds. The van der Waals surface area contributed by atoms with Crippen LogP contribution in [-0.4, -0.2) is 5.91 Å². The van der Waals surface area contributed by atoms with Crippen molar-refractivity contribution < 1.29 is 4.79 Å². The molecule has 102 valence electrons. The molecule has 1 saturated heterocycles. The van der Waals surface area contributed by atoms with E-state index in [2.05, 4.69) is 60.2 Å². The summed E-state index contributed by atoms with van der Waals surface area (Å²) in [7, 11) is 0. The van der Waals surface area contributed by atoms with Gasteiger partial charge < -0.3 is 5.43 Å². The van der Waals surface area contributed by atoms with Gasteiger partial charge in [-0.05, 0) is 48.7 Å². The van der Waals surface area contributed by atoms with E-state index in [1.54, 1.807) is 0 Å². The van der Waals surface area contributed by atoms with Gasteiger partial charge in [0, 0.05) is 5.70 Å². The van der Waals surface area contributed by atoms with Crippen LogP contribution in [0.25, 0.3) is 16.8 Å². The molecule has 0 aliphatic carbocycles. The number of rotatable bonds is 1. The van der Waals surface area contributed by atoms with Crippen molar-refractivity contribution in [2.75, 3.05) is 0 Å². The van der Waals surface area contributed by atoms with E-state index in [1.807, 2.05) is 13.8 Å². The second kappa shape index (κ2) is 4.37. The number of amides is 1. The number of fused-ring (bicyclic) bond motifs is 1. The van der Waals surface area contributed by atoms with Crippen LogP contribution >= 0.6 is 0 Å². The van der Waals surface area contributed by atoms with Gasteiger partial charge in [0.25, 0.3) is 0 Å². The van der Waals surface area contributed by atoms with Crippen molar-refractivity contribution >= 4 is 22.8 Å². The van der Waals surface area contributed by atoms with Gasteiger partial charge in [-0.2, -0.15) is 0 Å². The molecule has 0 radical (unpaired) electrons. The van der Waals surface area contributed by atoms with Crippen LogP contribution in [0.2, 0.25) is 0 Å². The molecule has 0 unspecified atom stereocenters. The third kappa shape index (κ3) is 1.86. The van der Waals surface area contributed by atoms with Crippen LogP contribution in [0, 0.1) is 12.3 Å². The molecule has 0 saturated carbocycles. The van der Waals surface area contributed by atoms with E-state index in [-0.39, 0.29) is 5.91 Å². The minimum atomic E-state index is -0.522. The largest absolute Gasteiger partial charge is 0.302 e. The Hall–Kier alpha value is -2.29. The van der Waals surface area contributed by atoms with Crippen LogP contribution in [0.5, 0.6) is 0 Å². The fraction of sp³-hybridized carbons (Fsp3) is 0.235. The minimum absolute atomic E-state index is 0.000155. The maximum Gasteiger partial charge on any atom is 0.249 e. The summed E-state index contributed by atoms with van der Waals surface area (Å²) in [4.78, 5) is 11.8. The molecule has 0 bridgehead atoms. The van der Waals surface area contributed by atoms with Gasteiger partial charge >= 0.3 is 0 Å². The van der Waals surface area contributed by atoms with Crippen molar-refractivity contribution in [3.8, 4) is 0 Å². The van der Waals surface area contributed by atoms with E-state index in [9.17, 15) is 4.79 Å². The summed E-state index contributed by atoms with van der Waals surface area (Å²) >= 11 is 0. The number of aryl methyl sites for hydroxylation is 1. The van der Waals surface area contributed by atoms with Crippen molar-refractivity contribution in [3.05, 3.63) is 53.2 Å². The normalized spacial score (nSPS) is 19.1. The highest BCUT2D eigenvalue weighted by Gasteiger charge is 2.37. The van der Waals surface area contributed by atoms with Crippen molar-refractivity contribution in [3.63, 3.8) is 0 Å². The van der Waals surface area contributed by atoms with E-state index in [4.69, 9.17) is 0 Å². The lowest BCUT2D eigenvalue weighted by Gasteiger charge is -2.15. The molecule has 2 aromatic rings. The summed E-state index contributed by atoms with van der Waals surface area (Å²) in [6.07, 6.45) is 2.06. The van der Waals surface area contributed by atoms with Crippen LogP contribution in [0.1, 0.15) is 25.0 Å². The highest BCUT2D eigenvalue weighted by Crippen LogP contribution is 2.31. The van der Waals surface area contributed by atoms with Gasteiger partial charge in [-0.15, -0.1) is 0 Å². The average Bonchev–Trinajstić information content (AvgIpc) is 2.67. The summed E-state index contributed by atoms with van der Waals surface area (Å²) in [5.74, 6) is 0.000155. The molecule has 1 heterocycles. The molecular weight excluding hydrogens is 248 g/mol. The Kier molecular flexibility index (Phi) is 2.78. The second-order valence-electron chi connectivity index (χ2n) is 5.78. The van der Waals surface area contributed by atoms with Gasteiger partial charge in [0.2, 0.25) is 5.91 Å². The predicted octanol–water partition coefficient (Wildman–Crippen LogP) is 3.15. The van der Waals surface area contributed by atoms with Crippen LogP contribution in [0.15, 0.2) is 42.1 Å². The fourth-order valence-electron chi connectivity index (χ4n) is 2.55. The summed E-state index contributed by atoms with van der Waals surface area (Å²) in [5.41, 5.74) is 8.43. The zero-order chi connectivity index (χ0) is 14.3. The van der Waals surface area contributed by atoms with Crippen LogP contribution in [0.3, 0.4) is 0 Å². The molecule has 3 rings (SSSR count). The first kappa shape index (κ1) is 12.7. The molecule has 20 heavy (non-hydrogen) atoms. The second-order valence-corrected chi connectivity index (χ2v) is 5.78. The lowest BCUT2D eigenvalue weighted by molar-refractivity contribution is -0.125. The average molecular weight is 266 g/mol. The molecule has 1 fully saturated rings. The van der Waals surface area contributed by atoms with Crippen LogP contribution < -0.4 is 10.9 Å². The van der Waals surface area contributed by atoms with E-state index in [0.717, 1.165) is 11.3 Å². The Morgan fingerprint density at radius 1 is 1.00 bits per heavy atom. The summed E-state index contributed by atoms with van der Waals surface area (Å²) < 4.78 is 0. The van der Waals surface area contributed by atoms with E-state index >= 15 is 0 Å². The Morgan fingerprint density at radius 2 is 1.70 bits per heavy atom. The zero-order valence-electron chi connectivity index (χ0n) is 11.9. The topological polar surface area (TPSA) is 41.1 Å². The van der Waals surface area contributed by atoms with Crippen molar-refractivity contribution in [1.82, 2.24) is 10.9 Å². The van der Waals surface area contributed by atoms with Crippen molar-refractivity contribution in [2.24, 2.45) is 5.41 Å². The number of nitrogens with one attached hydrogen (secondary N) is 2. The Bertz CT molecular complexity index is 729. The van der Waals surface area contributed by atoms with E-state index in [1.165, 1.54) is 16.3 Å². The first-order valence-electron chi connectivity index (χ1n) is 6.77. The number of carbonyl (C=O) groups excluding carboxylic acids is 1. The summed E-state index contributed by atoms with van der Waals surface area (Å²) in [6, 6.07) is 12.6. The summed E-state index contributed by atoms with van der Waals surface area (Å²) in [5, 5.41) is 2.45. The lowest BCUT2D eigenvalue weighted by atomic mass is 9.88. The maximum absolute atomic E-state index is 11.8. The Balaban J connectivity index is 2.17. The van der Waals surface area contributed by atoms with Gasteiger partial charge in [-0.3, -0.25) is 10.2 Å².